The van der Waals surface area contributed by atoms with Crippen molar-refractivity contribution in [2.24, 2.45) is 0 Å². The number of aromatic nitrogens is 3. The van der Waals surface area contributed by atoms with Crippen molar-refractivity contribution in [3.8, 4) is 0 Å². The summed E-state index contributed by atoms with van der Waals surface area (Å²) < 4.78 is 0. The van der Waals surface area contributed by atoms with Gasteiger partial charge in [-0.2, -0.15) is 0 Å². The number of carbonyl (C=O) groups excluding carboxylic acids is 2. The van der Waals surface area contributed by atoms with Crippen LogP contribution in [0.25, 0.3) is 0 Å². The molecule has 24 heavy (non-hydrogen) atoms. The average Bonchev–Trinajstić information content (AvgIpc) is 2.92. The summed E-state index contributed by atoms with van der Waals surface area (Å²) in [5, 5.41) is 0. The lowest BCUT2D eigenvalue weighted by atomic mass is 10.1. The van der Waals surface area contributed by atoms with Gasteiger partial charge in [0.2, 0.25) is 5.91 Å². The summed E-state index contributed by atoms with van der Waals surface area (Å²) in [5.74, 6) is -0.0315. The molecule has 2 aromatic rings. The molecule has 2 aromatic heterocycles. The van der Waals surface area contributed by atoms with E-state index >= 15 is 0 Å². The van der Waals surface area contributed by atoms with Crippen LogP contribution in [-0.2, 0) is 11.2 Å². The Bertz CT molecular complexity index is 733. The number of amides is 2. The topological polar surface area (TPSA) is 82.2 Å². The number of hydrogen-bond acceptors (Lipinski definition) is 4. The van der Waals surface area contributed by atoms with Crippen molar-refractivity contribution in [1.82, 2.24) is 24.8 Å². The second-order valence-corrected chi connectivity index (χ2v) is 6.04. The lowest BCUT2D eigenvalue weighted by molar-refractivity contribution is -0.131. The van der Waals surface area contributed by atoms with E-state index in [-0.39, 0.29) is 11.8 Å². The molecule has 7 heteroatoms. The molecule has 0 unspecified atom stereocenters. The number of nitrogens with zero attached hydrogens (tertiary/aromatic N) is 4. The first-order valence-electron chi connectivity index (χ1n) is 8.03. The number of rotatable bonds is 3. The summed E-state index contributed by atoms with van der Waals surface area (Å²) in [6.07, 6.45) is 4.91. The van der Waals surface area contributed by atoms with Crippen LogP contribution < -0.4 is 0 Å². The van der Waals surface area contributed by atoms with E-state index in [1.54, 1.807) is 4.90 Å². The Morgan fingerprint density at radius 1 is 1.12 bits per heavy atom. The van der Waals surface area contributed by atoms with Gasteiger partial charge in [0.1, 0.15) is 5.69 Å². The maximum absolute atomic E-state index is 12.5. The lowest BCUT2D eigenvalue weighted by Gasteiger charge is -2.34. The number of nitrogens with one attached hydrogen (secondary N) is 1. The quantitative estimate of drug-likeness (QED) is 0.910. The lowest BCUT2D eigenvalue weighted by Crippen LogP contribution is -2.51. The van der Waals surface area contributed by atoms with E-state index in [1.807, 2.05) is 24.8 Å². The fraction of sp³-hybridized carbons (Fsp3) is 0.412. The van der Waals surface area contributed by atoms with E-state index in [4.69, 9.17) is 0 Å². The van der Waals surface area contributed by atoms with Gasteiger partial charge in [-0.25, -0.2) is 4.98 Å². The number of carbonyl (C=O) groups is 2. The Morgan fingerprint density at radius 3 is 2.42 bits per heavy atom. The maximum Gasteiger partial charge on any atom is 0.274 e. The van der Waals surface area contributed by atoms with Crippen molar-refractivity contribution < 1.29 is 9.59 Å². The summed E-state index contributed by atoms with van der Waals surface area (Å²) in [5.41, 5.74) is 3.48. The molecule has 0 atom stereocenters. The standard InChI is InChI=1S/C17H21N5O2/c1-12-9-14(13(2)20-12)10-16(23)21-5-7-22(8-6-21)17(24)15-11-18-3-4-19-15/h3-4,9,11,20H,5-8,10H2,1-2H3. The monoisotopic (exact) mass is 327 g/mol. The van der Waals surface area contributed by atoms with Crippen molar-refractivity contribution in [2.45, 2.75) is 20.3 Å². The number of piperazine rings is 1. The Hall–Kier alpha value is -2.70. The molecule has 0 aromatic carbocycles. The Kier molecular flexibility index (Phi) is 4.59. The van der Waals surface area contributed by atoms with E-state index < -0.39 is 0 Å². The molecule has 0 spiro atoms. The highest BCUT2D eigenvalue weighted by Gasteiger charge is 2.25. The third-order valence-corrected chi connectivity index (χ3v) is 4.30. The van der Waals surface area contributed by atoms with Crippen LogP contribution in [0.1, 0.15) is 27.4 Å². The van der Waals surface area contributed by atoms with Gasteiger partial charge in [0, 0.05) is 50.0 Å². The average molecular weight is 327 g/mol. The number of aryl methyl sites for hydroxylation is 2. The van der Waals surface area contributed by atoms with Gasteiger partial charge in [-0.15, -0.1) is 0 Å². The molecule has 0 aliphatic carbocycles. The first-order valence-corrected chi connectivity index (χ1v) is 8.03. The minimum atomic E-state index is -0.132. The van der Waals surface area contributed by atoms with Crippen LogP contribution in [0.15, 0.2) is 24.7 Å². The van der Waals surface area contributed by atoms with Gasteiger partial charge in [-0.3, -0.25) is 14.6 Å². The summed E-state index contributed by atoms with van der Waals surface area (Å²) in [6, 6.07) is 2.01. The highest BCUT2D eigenvalue weighted by Crippen LogP contribution is 2.13. The smallest absolute Gasteiger partial charge is 0.274 e. The molecule has 1 aliphatic heterocycles. The second kappa shape index (κ2) is 6.82. The van der Waals surface area contributed by atoms with E-state index in [0.29, 0.717) is 38.3 Å². The molecule has 3 heterocycles. The molecule has 7 nitrogen and oxygen atoms in total. The molecule has 1 aliphatic rings. The summed E-state index contributed by atoms with van der Waals surface area (Å²) in [6.45, 7) is 6.10. The van der Waals surface area contributed by atoms with Gasteiger partial charge in [0.25, 0.3) is 5.91 Å². The zero-order valence-electron chi connectivity index (χ0n) is 14.0. The van der Waals surface area contributed by atoms with Gasteiger partial charge < -0.3 is 14.8 Å². The van der Waals surface area contributed by atoms with Crippen molar-refractivity contribution in [3.63, 3.8) is 0 Å². The fourth-order valence-electron chi connectivity index (χ4n) is 2.97. The minimum absolute atomic E-state index is 0.101. The van der Waals surface area contributed by atoms with E-state index in [2.05, 4.69) is 15.0 Å². The molecule has 2 amide bonds. The van der Waals surface area contributed by atoms with Crippen LogP contribution in [0, 0.1) is 13.8 Å². The van der Waals surface area contributed by atoms with Crippen LogP contribution in [0.4, 0.5) is 0 Å². The number of aromatic amines is 1. The Balaban J connectivity index is 1.56. The molecule has 3 rings (SSSR count). The Morgan fingerprint density at radius 2 is 1.83 bits per heavy atom. The van der Waals surface area contributed by atoms with E-state index in [0.717, 1.165) is 17.0 Å². The van der Waals surface area contributed by atoms with Crippen LogP contribution in [-0.4, -0.2) is 62.7 Å². The van der Waals surface area contributed by atoms with Gasteiger partial charge in [-0.1, -0.05) is 0 Å². The van der Waals surface area contributed by atoms with Crippen molar-refractivity contribution in [3.05, 3.63) is 47.3 Å². The first-order chi connectivity index (χ1) is 11.5. The summed E-state index contributed by atoms with van der Waals surface area (Å²) in [7, 11) is 0. The highest BCUT2D eigenvalue weighted by molar-refractivity contribution is 5.92. The molecule has 1 fully saturated rings. The van der Waals surface area contributed by atoms with Crippen molar-refractivity contribution in [1.29, 1.82) is 0 Å². The van der Waals surface area contributed by atoms with Gasteiger partial charge in [0.05, 0.1) is 12.6 Å². The molecular weight excluding hydrogens is 306 g/mol. The SMILES string of the molecule is Cc1cc(CC(=O)N2CCN(C(=O)c3cnccn3)CC2)c(C)[nH]1. The van der Waals surface area contributed by atoms with Crippen LogP contribution in [0.2, 0.25) is 0 Å². The van der Waals surface area contributed by atoms with Crippen LogP contribution in [0.3, 0.4) is 0 Å². The maximum atomic E-state index is 12.5. The molecule has 126 valence electrons. The minimum Gasteiger partial charge on any atom is -0.362 e. The van der Waals surface area contributed by atoms with E-state index in [9.17, 15) is 9.59 Å². The number of H-pyrrole nitrogens is 1. The molecule has 0 bridgehead atoms. The third-order valence-electron chi connectivity index (χ3n) is 4.30. The van der Waals surface area contributed by atoms with Crippen LogP contribution in [0.5, 0.6) is 0 Å². The highest BCUT2D eigenvalue weighted by atomic mass is 16.2. The molecular formula is C17H21N5O2. The number of hydrogen-bond donors (Lipinski definition) is 1. The normalized spacial score (nSPS) is 14.8. The zero-order valence-corrected chi connectivity index (χ0v) is 14.0. The van der Waals surface area contributed by atoms with Crippen molar-refractivity contribution >= 4 is 11.8 Å². The fourth-order valence-corrected chi connectivity index (χ4v) is 2.97. The zero-order chi connectivity index (χ0) is 17.1. The van der Waals surface area contributed by atoms with Crippen molar-refractivity contribution in [2.75, 3.05) is 26.2 Å². The third kappa shape index (κ3) is 3.45. The van der Waals surface area contributed by atoms with Gasteiger partial charge >= 0.3 is 0 Å². The molecule has 1 N–H and O–H groups in total. The molecule has 1 saturated heterocycles. The predicted molar refractivity (Wildman–Crippen MR) is 88.5 cm³/mol. The molecule has 0 saturated carbocycles. The van der Waals surface area contributed by atoms with Crippen LogP contribution >= 0.6 is 0 Å². The predicted octanol–water partition coefficient (Wildman–Crippen LogP) is 0.949. The molecule has 0 radical (unpaired) electrons. The largest absolute Gasteiger partial charge is 0.362 e. The van der Waals surface area contributed by atoms with Gasteiger partial charge in [0.15, 0.2) is 0 Å². The summed E-state index contributed by atoms with van der Waals surface area (Å²) in [4.78, 5) is 39.5. The first kappa shape index (κ1) is 16.2. The summed E-state index contributed by atoms with van der Waals surface area (Å²) >= 11 is 0. The van der Waals surface area contributed by atoms with Gasteiger partial charge in [-0.05, 0) is 25.5 Å². The Labute approximate surface area is 140 Å². The van der Waals surface area contributed by atoms with E-state index in [1.165, 1.54) is 18.6 Å². The second-order valence-electron chi connectivity index (χ2n) is 6.04.